The summed E-state index contributed by atoms with van der Waals surface area (Å²) in [4.78, 5) is 3.92. The van der Waals surface area contributed by atoms with Crippen LogP contribution in [0, 0.1) is 20.4 Å². The maximum absolute atomic E-state index is 14.7. The third kappa shape index (κ3) is 5.50. The fourth-order valence-corrected chi connectivity index (χ4v) is 8.79. The number of aryl methyl sites for hydroxylation is 2. The van der Waals surface area contributed by atoms with E-state index < -0.39 is 11.7 Å². The van der Waals surface area contributed by atoms with Crippen molar-refractivity contribution in [2.24, 2.45) is 0 Å². The highest BCUT2D eigenvalue weighted by Gasteiger charge is 2.34. The van der Waals surface area contributed by atoms with Gasteiger partial charge in [0, 0.05) is 21.5 Å². The lowest BCUT2D eigenvalue weighted by Gasteiger charge is -2.21. The number of rotatable bonds is 5. The fourth-order valence-electron chi connectivity index (χ4n) is 8.79. The van der Waals surface area contributed by atoms with E-state index in [9.17, 15) is 13.2 Å². The number of nitrogens with zero attached hydrogens (tertiary/aromatic N) is 3. The number of halogens is 3. The molecule has 0 N–H and O–H groups in total. The van der Waals surface area contributed by atoms with E-state index in [2.05, 4.69) is 113 Å². The Balaban J connectivity index is 1.34. The molecule has 58 heavy (non-hydrogen) atoms. The maximum Gasteiger partial charge on any atom is 0.416 e. The molecule has 8 aromatic carbocycles. The van der Waals surface area contributed by atoms with Crippen LogP contribution in [0.5, 0.6) is 0 Å². The van der Waals surface area contributed by atoms with Gasteiger partial charge in [-0.25, -0.2) is 4.85 Å². The predicted octanol–water partition coefficient (Wildman–Crippen LogP) is 15.1. The maximum atomic E-state index is 14.7. The fraction of sp³-hybridized carbons (Fsp3) is 0.0577. The number of aromatic nitrogens is 2. The van der Waals surface area contributed by atoms with Gasteiger partial charge in [-0.1, -0.05) is 115 Å². The molecule has 10 rings (SSSR count). The van der Waals surface area contributed by atoms with E-state index in [1.807, 2.05) is 48.5 Å². The molecule has 10 aromatic rings. The number of alkyl halides is 3. The molecule has 6 heteroatoms. The molecular formula is C52H34F3N3. The summed E-state index contributed by atoms with van der Waals surface area (Å²) in [6.07, 6.45) is -4.63. The van der Waals surface area contributed by atoms with Gasteiger partial charge in [-0.05, 0) is 113 Å². The molecule has 0 atom stereocenters. The molecule has 0 radical (unpaired) electrons. The van der Waals surface area contributed by atoms with E-state index >= 15 is 0 Å². The number of hydrogen-bond donors (Lipinski definition) is 0. The second-order valence-corrected chi connectivity index (χ2v) is 14.8. The highest BCUT2D eigenvalue weighted by molar-refractivity contribution is 6.13. The van der Waals surface area contributed by atoms with Gasteiger partial charge in [0.15, 0.2) is 5.69 Å². The minimum absolute atomic E-state index is 0.0403. The lowest BCUT2D eigenvalue weighted by molar-refractivity contribution is -0.137. The average molecular weight is 758 g/mol. The molecule has 0 amide bonds. The van der Waals surface area contributed by atoms with Gasteiger partial charge >= 0.3 is 6.18 Å². The summed E-state index contributed by atoms with van der Waals surface area (Å²) in [5.74, 6) is 0. The van der Waals surface area contributed by atoms with Crippen molar-refractivity contribution in [1.82, 2.24) is 9.13 Å². The van der Waals surface area contributed by atoms with Crippen molar-refractivity contribution in [2.75, 3.05) is 0 Å². The van der Waals surface area contributed by atoms with Crippen LogP contribution in [0.1, 0.15) is 16.7 Å². The molecule has 3 nitrogen and oxygen atoms in total. The summed E-state index contributed by atoms with van der Waals surface area (Å²) in [6, 6.07) is 54.9. The normalized spacial score (nSPS) is 11.9. The quantitative estimate of drug-likeness (QED) is 0.155. The van der Waals surface area contributed by atoms with Crippen molar-refractivity contribution in [3.63, 3.8) is 0 Å². The molecule has 0 aliphatic heterocycles. The lowest BCUT2D eigenvalue weighted by Crippen LogP contribution is -2.08. The van der Waals surface area contributed by atoms with Crippen molar-refractivity contribution in [1.29, 1.82) is 0 Å². The van der Waals surface area contributed by atoms with E-state index in [1.165, 1.54) is 17.7 Å². The molecule has 0 aliphatic carbocycles. The Morgan fingerprint density at radius 2 is 0.862 bits per heavy atom. The van der Waals surface area contributed by atoms with Crippen molar-refractivity contribution in [3.05, 3.63) is 198 Å². The second kappa shape index (κ2) is 13.4. The third-order valence-corrected chi connectivity index (χ3v) is 11.5. The van der Waals surface area contributed by atoms with Crippen molar-refractivity contribution >= 4 is 49.3 Å². The smallest absolute Gasteiger partial charge is 0.308 e. The number of hydrogen-bond acceptors (Lipinski definition) is 0. The summed E-state index contributed by atoms with van der Waals surface area (Å²) >= 11 is 0. The minimum Gasteiger partial charge on any atom is -0.308 e. The van der Waals surface area contributed by atoms with Crippen LogP contribution in [0.15, 0.2) is 170 Å². The van der Waals surface area contributed by atoms with Crippen molar-refractivity contribution < 1.29 is 13.2 Å². The first kappa shape index (κ1) is 35.1. The monoisotopic (exact) mass is 757 g/mol. The Hall–Kier alpha value is -7.36. The zero-order valence-corrected chi connectivity index (χ0v) is 31.6. The van der Waals surface area contributed by atoms with Crippen LogP contribution in [-0.2, 0) is 6.18 Å². The van der Waals surface area contributed by atoms with Gasteiger partial charge in [-0.15, -0.1) is 0 Å². The molecule has 0 saturated carbocycles. The number of para-hydroxylation sites is 2. The van der Waals surface area contributed by atoms with Crippen LogP contribution >= 0.6 is 0 Å². The summed E-state index contributed by atoms with van der Waals surface area (Å²) in [5.41, 5.74) is 11.2. The van der Waals surface area contributed by atoms with E-state index in [4.69, 9.17) is 6.57 Å². The van der Waals surface area contributed by atoms with E-state index in [0.717, 1.165) is 77.5 Å². The Morgan fingerprint density at radius 1 is 0.431 bits per heavy atom. The van der Waals surface area contributed by atoms with Gasteiger partial charge in [0.1, 0.15) is 0 Å². The first-order chi connectivity index (χ1) is 28.2. The second-order valence-electron chi connectivity index (χ2n) is 14.8. The Morgan fingerprint density at radius 3 is 1.36 bits per heavy atom. The highest BCUT2D eigenvalue weighted by Crippen LogP contribution is 2.46. The van der Waals surface area contributed by atoms with Gasteiger partial charge in [0.25, 0.3) is 0 Å². The van der Waals surface area contributed by atoms with Crippen LogP contribution in [0.2, 0.25) is 0 Å². The Labute approximate surface area is 333 Å². The lowest BCUT2D eigenvalue weighted by atomic mass is 9.96. The van der Waals surface area contributed by atoms with Gasteiger partial charge < -0.3 is 9.13 Å². The highest BCUT2D eigenvalue weighted by atomic mass is 19.4. The first-order valence-corrected chi connectivity index (χ1v) is 19.1. The largest absolute Gasteiger partial charge is 0.416 e. The van der Waals surface area contributed by atoms with Gasteiger partial charge in [0.2, 0.25) is 0 Å². The number of fused-ring (bicyclic) bond motifs is 6. The van der Waals surface area contributed by atoms with Crippen LogP contribution in [-0.4, -0.2) is 9.13 Å². The summed E-state index contributed by atoms with van der Waals surface area (Å²) < 4.78 is 48.4. The summed E-state index contributed by atoms with van der Waals surface area (Å²) in [7, 11) is 0. The first-order valence-electron chi connectivity index (χ1n) is 19.1. The molecular weight excluding hydrogens is 724 g/mol. The van der Waals surface area contributed by atoms with E-state index in [0.29, 0.717) is 11.4 Å². The SMILES string of the molecule is [C-]#[N+]c1cc(-n2c3ccccc3c3cc(-c4ccccc4C)ccc32)c(-n2c3ccccc3c3cc(-c4ccccc4C)ccc32)cc1-c1ccccc1C(F)(F)F. The Bertz CT molecular complexity index is 3320. The standard InChI is InChI=1S/C52H34F3N3/c1-32-14-4-6-16-36(32)34-24-26-48-42(28-34)39-19-9-12-22-46(39)57(48)50-30-41(38-18-8-11-21-44(38)52(53,54)55)45(56-3)31-51(50)58-47-23-13-10-20-40(47)43-29-35(25-27-49(43)58)37-17-7-5-15-33(37)2/h4-31H,1-2H3. The summed E-state index contributed by atoms with van der Waals surface area (Å²) in [6.45, 7) is 12.6. The van der Waals surface area contributed by atoms with Crippen molar-refractivity contribution in [2.45, 2.75) is 20.0 Å². The average Bonchev–Trinajstić information content (AvgIpc) is 3.75. The van der Waals surface area contributed by atoms with E-state index in [1.54, 1.807) is 18.2 Å². The molecule has 0 unspecified atom stereocenters. The minimum atomic E-state index is -4.63. The van der Waals surface area contributed by atoms with Crippen LogP contribution in [0.25, 0.3) is 93.2 Å². The molecule has 0 spiro atoms. The number of benzene rings is 8. The van der Waals surface area contributed by atoms with Gasteiger partial charge in [-0.3, -0.25) is 0 Å². The molecule has 0 saturated heterocycles. The molecule has 2 aromatic heterocycles. The van der Waals surface area contributed by atoms with E-state index in [-0.39, 0.29) is 16.8 Å². The molecule has 0 aliphatic rings. The summed E-state index contributed by atoms with van der Waals surface area (Å²) in [5, 5.41) is 4.08. The molecule has 0 bridgehead atoms. The van der Waals surface area contributed by atoms with Crippen LogP contribution in [0.4, 0.5) is 18.9 Å². The zero-order chi connectivity index (χ0) is 39.7. The Kier molecular flexibility index (Phi) is 8.10. The predicted molar refractivity (Wildman–Crippen MR) is 232 cm³/mol. The topological polar surface area (TPSA) is 14.2 Å². The molecule has 278 valence electrons. The van der Waals surface area contributed by atoms with Crippen molar-refractivity contribution in [3.8, 4) is 44.8 Å². The van der Waals surface area contributed by atoms with Crippen LogP contribution < -0.4 is 0 Å². The molecule has 0 fully saturated rings. The zero-order valence-electron chi connectivity index (χ0n) is 31.6. The van der Waals surface area contributed by atoms with Gasteiger partial charge in [-0.2, -0.15) is 13.2 Å². The van der Waals surface area contributed by atoms with Crippen LogP contribution in [0.3, 0.4) is 0 Å². The molecule has 2 heterocycles. The van der Waals surface area contributed by atoms with Gasteiger partial charge in [0.05, 0.1) is 45.6 Å². The third-order valence-electron chi connectivity index (χ3n) is 11.5.